The lowest BCUT2D eigenvalue weighted by Crippen LogP contribution is -2.36. The highest BCUT2D eigenvalue weighted by Gasteiger charge is 2.33. The third-order valence-electron chi connectivity index (χ3n) is 3.66. The van der Waals surface area contributed by atoms with Gasteiger partial charge in [0.1, 0.15) is 5.60 Å². The number of amides is 1. The minimum Gasteiger partial charge on any atom is -0.444 e. The standard InChI is InChI=1S/C16H25N3O2/c1-11-5-6-13(18-9-11)14(17)12-7-8-19(10-12)15(20)21-16(2,3)4/h5-6,9,12,14H,7-8,10,17H2,1-4H3/t12-,14-/m0/s1. The molecule has 0 saturated carbocycles. The van der Waals surface area contributed by atoms with Crippen LogP contribution in [-0.2, 0) is 4.74 Å². The van der Waals surface area contributed by atoms with Gasteiger partial charge in [-0.2, -0.15) is 0 Å². The van der Waals surface area contributed by atoms with Crippen molar-refractivity contribution >= 4 is 6.09 Å². The molecule has 2 atom stereocenters. The predicted octanol–water partition coefficient (Wildman–Crippen LogP) is 2.65. The average Bonchev–Trinajstić information content (AvgIpc) is 2.86. The largest absolute Gasteiger partial charge is 0.444 e. The highest BCUT2D eigenvalue weighted by Crippen LogP contribution is 2.28. The van der Waals surface area contributed by atoms with Gasteiger partial charge in [0.2, 0.25) is 0 Å². The molecule has 1 aliphatic heterocycles. The van der Waals surface area contributed by atoms with E-state index < -0.39 is 5.60 Å². The van der Waals surface area contributed by atoms with Gasteiger partial charge in [-0.1, -0.05) is 6.07 Å². The smallest absolute Gasteiger partial charge is 0.410 e. The summed E-state index contributed by atoms with van der Waals surface area (Å²) in [5.74, 6) is 0.229. The Labute approximate surface area is 126 Å². The Morgan fingerprint density at radius 3 is 2.76 bits per heavy atom. The maximum absolute atomic E-state index is 12.1. The van der Waals surface area contributed by atoms with E-state index in [9.17, 15) is 4.79 Å². The molecule has 1 saturated heterocycles. The molecule has 0 aliphatic carbocycles. The van der Waals surface area contributed by atoms with Crippen molar-refractivity contribution in [1.82, 2.24) is 9.88 Å². The molecule has 2 N–H and O–H groups in total. The quantitative estimate of drug-likeness (QED) is 0.909. The fourth-order valence-corrected chi connectivity index (χ4v) is 2.49. The lowest BCUT2D eigenvalue weighted by Gasteiger charge is -2.25. The fourth-order valence-electron chi connectivity index (χ4n) is 2.49. The van der Waals surface area contributed by atoms with Gasteiger partial charge >= 0.3 is 6.09 Å². The summed E-state index contributed by atoms with van der Waals surface area (Å²) in [7, 11) is 0. The predicted molar refractivity (Wildman–Crippen MR) is 81.8 cm³/mol. The first-order valence-corrected chi connectivity index (χ1v) is 7.42. The van der Waals surface area contributed by atoms with Gasteiger partial charge in [0.25, 0.3) is 0 Å². The van der Waals surface area contributed by atoms with Crippen molar-refractivity contribution < 1.29 is 9.53 Å². The molecule has 0 unspecified atom stereocenters. The Hall–Kier alpha value is -1.62. The van der Waals surface area contributed by atoms with E-state index in [0.29, 0.717) is 13.1 Å². The van der Waals surface area contributed by atoms with Crippen molar-refractivity contribution in [2.45, 2.75) is 45.8 Å². The van der Waals surface area contributed by atoms with Gasteiger partial charge in [-0.3, -0.25) is 4.98 Å². The first-order chi connectivity index (χ1) is 9.76. The molecule has 0 aromatic carbocycles. The zero-order valence-corrected chi connectivity index (χ0v) is 13.3. The van der Waals surface area contributed by atoms with Crippen LogP contribution in [0.4, 0.5) is 4.79 Å². The zero-order chi connectivity index (χ0) is 15.6. The first kappa shape index (κ1) is 15.8. The molecule has 0 spiro atoms. The van der Waals surface area contributed by atoms with Crippen LogP contribution in [0.5, 0.6) is 0 Å². The van der Waals surface area contributed by atoms with Crippen LogP contribution in [0.1, 0.15) is 44.5 Å². The Morgan fingerprint density at radius 2 is 2.19 bits per heavy atom. The van der Waals surface area contributed by atoms with Gasteiger partial charge in [-0.05, 0) is 51.7 Å². The highest BCUT2D eigenvalue weighted by molar-refractivity contribution is 5.68. The number of aryl methyl sites for hydroxylation is 1. The van der Waals surface area contributed by atoms with Crippen molar-refractivity contribution in [3.8, 4) is 0 Å². The number of hydrogen-bond acceptors (Lipinski definition) is 4. The maximum atomic E-state index is 12.1. The summed E-state index contributed by atoms with van der Waals surface area (Å²) < 4.78 is 5.40. The minimum atomic E-state index is -0.463. The monoisotopic (exact) mass is 291 g/mol. The van der Waals surface area contributed by atoms with Crippen molar-refractivity contribution in [2.75, 3.05) is 13.1 Å². The molecule has 21 heavy (non-hydrogen) atoms. The molecule has 1 aliphatic rings. The van der Waals surface area contributed by atoms with Crippen molar-refractivity contribution in [1.29, 1.82) is 0 Å². The molecule has 5 heteroatoms. The number of carbonyl (C=O) groups is 1. The summed E-state index contributed by atoms with van der Waals surface area (Å²) in [6.45, 7) is 8.95. The number of nitrogens with zero attached hydrogens (tertiary/aromatic N) is 2. The average molecular weight is 291 g/mol. The lowest BCUT2D eigenvalue weighted by molar-refractivity contribution is 0.0286. The summed E-state index contributed by atoms with van der Waals surface area (Å²) >= 11 is 0. The van der Waals surface area contributed by atoms with Crippen LogP contribution < -0.4 is 5.73 Å². The molecule has 2 rings (SSSR count). The van der Waals surface area contributed by atoms with E-state index in [0.717, 1.165) is 17.7 Å². The van der Waals surface area contributed by atoms with Crippen LogP contribution in [0.15, 0.2) is 18.3 Å². The van der Waals surface area contributed by atoms with Crippen molar-refractivity contribution in [3.05, 3.63) is 29.6 Å². The van der Waals surface area contributed by atoms with Crippen LogP contribution in [0.2, 0.25) is 0 Å². The zero-order valence-electron chi connectivity index (χ0n) is 13.3. The minimum absolute atomic E-state index is 0.141. The van der Waals surface area contributed by atoms with Gasteiger partial charge < -0.3 is 15.4 Å². The van der Waals surface area contributed by atoms with E-state index in [2.05, 4.69) is 4.98 Å². The second-order valence-corrected chi connectivity index (χ2v) is 6.76. The second kappa shape index (κ2) is 6.02. The normalized spacial score (nSPS) is 20.4. The topological polar surface area (TPSA) is 68.5 Å². The van der Waals surface area contributed by atoms with Gasteiger partial charge in [-0.15, -0.1) is 0 Å². The molecule has 1 fully saturated rings. The van der Waals surface area contributed by atoms with Crippen LogP contribution in [-0.4, -0.2) is 34.7 Å². The Balaban J connectivity index is 1.95. The number of carbonyl (C=O) groups excluding carboxylic acids is 1. The molecular formula is C16H25N3O2. The maximum Gasteiger partial charge on any atom is 0.410 e. The summed E-state index contributed by atoms with van der Waals surface area (Å²) in [6, 6.07) is 3.84. The van der Waals surface area contributed by atoms with Crippen LogP contribution >= 0.6 is 0 Å². The third kappa shape index (κ3) is 4.17. The molecule has 1 aromatic rings. The highest BCUT2D eigenvalue weighted by atomic mass is 16.6. The number of nitrogens with two attached hydrogens (primary N) is 1. The van der Waals surface area contributed by atoms with Gasteiger partial charge in [-0.25, -0.2) is 4.79 Å². The van der Waals surface area contributed by atoms with E-state index in [4.69, 9.17) is 10.5 Å². The van der Waals surface area contributed by atoms with Crippen LogP contribution in [0.3, 0.4) is 0 Å². The molecule has 1 amide bonds. The molecule has 1 aromatic heterocycles. The van der Waals surface area contributed by atoms with E-state index in [1.807, 2.05) is 46.0 Å². The third-order valence-corrected chi connectivity index (χ3v) is 3.66. The van der Waals surface area contributed by atoms with E-state index >= 15 is 0 Å². The number of pyridine rings is 1. The number of ether oxygens (including phenoxy) is 1. The molecule has 0 radical (unpaired) electrons. The summed E-state index contributed by atoms with van der Waals surface area (Å²) in [5, 5.41) is 0. The van der Waals surface area contributed by atoms with Crippen molar-refractivity contribution in [2.24, 2.45) is 11.7 Å². The summed E-state index contributed by atoms with van der Waals surface area (Å²) in [6.07, 6.45) is 2.46. The second-order valence-electron chi connectivity index (χ2n) is 6.76. The SMILES string of the molecule is Cc1ccc([C@@H](N)[C@H]2CCN(C(=O)OC(C)(C)C)C2)nc1. The number of aromatic nitrogens is 1. The fraction of sp³-hybridized carbons (Fsp3) is 0.625. The Morgan fingerprint density at radius 1 is 1.48 bits per heavy atom. The van der Waals surface area contributed by atoms with E-state index in [-0.39, 0.29) is 18.1 Å². The van der Waals surface area contributed by atoms with E-state index in [1.165, 1.54) is 0 Å². The molecule has 116 valence electrons. The van der Waals surface area contributed by atoms with E-state index in [1.54, 1.807) is 4.90 Å². The van der Waals surface area contributed by atoms with Crippen LogP contribution in [0, 0.1) is 12.8 Å². The van der Waals surface area contributed by atoms with Crippen molar-refractivity contribution in [3.63, 3.8) is 0 Å². The van der Waals surface area contributed by atoms with Gasteiger partial charge in [0, 0.05) is 19.3 Å². The molecule has 2 heterocycles. The number of hydrogen-bond donors (Lipinski definition) is 1. The Bertz CT molecular complexity index is 493. The van der Waals surface area contributed by atoms with Gasteiger partial charge in [0.15, 0.2) is 0 Å². The summed E-state index contributed by atoms with van der Waals surface area (Å²) in [4.78, 5) is 18.2. The van der Waals surface area contributed by atoms with Crippen LogP contribution in [0.25, 0.3) is 0 Å². The number of likely N-dealkylation sites (tertiary alicyclic amines) is 1. The number of rotatable bonds is 2. The molecular weight excluding hydrogens is 266 g/mol. The first-order valence-electron chi connectivity index (χ1n) is 7.42. The van der Waals surface area contributed by atoms with Gasteiger partial charge in [0.05, 0.1) is 11.7 Å². The summed E-state index contributed by atoms with van der Waals surface area (Å²) in [5.41, 5.74) is 7.84. The lowest BCUT2D eigenvalue weighted by atomic mass is 9.96. The Kier molecular flexibility index (Phi) is 4.52. The molecule has 0 bridgehead atoms. The molecule has 5 nitrogen and oxygen atoms in total.